The van der Waals surface area contributed by atoms with E-state index < -0.39 is 85.8 Å². The van der Waals surface area contributed by atoms with Crippen molar-refractivity contribution in [2.75, 3.05) is 30.5 Å². The van der Waals surface area contributed by atoms with Crippen molar-refractivity contribution >= 4 is 80.8 Å². The molecule has 0 radical (unpaired) electrons. The standard InChI is InChI=1S/C35H39ClN4O12S4/c1-34(2)25-17-23(55(47,48)49)11-13-27(25)39(19-31(41)37-53(5,43)44)29(34)15-9-21-7-8-22(33(21)36)10-16-30-35(3,4)26-18-24(56(50,51)52)12-14-28(26)40(30)20-32(42)38-54(6,45)46/h9-18H,7-8,19-20H2,1-6H3,(H3-,37,38,41,42,47,48,49,50,51,52)/p-1. The van der Waals surface area contributed by atoms with Gasteiger partial charge in [0.05, 0.1) is 27.7 Å². The lowest BCUT2D eigenvalue weighted by molar-refractivity contribution is -0.425. The van der Waals surface area contributed by atoms with Crippen LogP contribution < -0.4 is 14.3 Å². The van der Waals surface area contributed by atoms with E-state index in [0.717, 1.165) is 24.6 Å². The van der Waals surface area contributed by atoms with Crippen molar-refractivity contribution in [2.45, 2.75) is 61.2 Å². The van der Waals surface area contributed by atoms with Gasteiger partial charge in [-0.2, -0.15) is 4.58 Å². The van der Waals surface area contributed by atoms with Crippen molar-refractivity contribution in [1.29, 1.82) is 0 Å². The van der Waals surface area contributed by atoms with Gasteiger partial charge in [0, 0.05) is 39.5 Å². The number of carbonyl (C=O) groups excluding carboxylic acids is 2. The number of nitrogens with one attached hydrogen (secondary N) is 2. The Kier molecular flexibility index (Phi) is 11.2. The molecule has 2 aliphatic heterocycles. The van der Waals surface area contributed by atoms with Crippen LogP contribution in [0.25, 0.3) is 0 Å². The molecule has 0 spiro atoms. The summed E-state index contributed by atoms with van der Waals surface area (Å²) in [5, 5.41) is 0.363. The molecule has 0 fully saturated rings. The van der Waals surface area contributed by atoms with Gasteiger partial charge in [0.25, 0.3) is 11.8 Å². The van der Waals surface area contributed by atoms with Crippen LogP contribution in [0.3, 0.4) is 0 Å². The van der Waals surface area contributed by atoms with Gasteiger partial charge in [0.15, 0.2) is 5.71 Å². The van der Waals surface area contributed by atoms with E-state index in [-0.39, 0.29) is 0 Å². The summed E-state index contributed by atoms with van der Waals surface area (Å²) in [6.07, 6.45) is 9.35. The highest BCUT2D eigenvalue weighted by molar-refractivity contribution is 7.89. The SMILES string of the molecule is CC1(C)C(/C=C/C2=C(Cl)C(=C/C=C3/N(CC(=O)NS(C)(=O)=O)c4ccc(S(=O)(=O)[O-])cc4C3(C)C)/CC2)=[N+](CC(=O)NS(C)(=O)=O)c2ccc(S(=O)(=O)[O-])cc21. The highest BCUT2D eigenvalue weighted by Crippen LogP contribution is 2.49. The number of allylic oxidation sites excluding steroid dienone is 8. The van der Waals surface area contributed by atoms with Gasteiger partial charge in [0.1, 0.15) is 26.8 Å². The Morgan fingerprint density at radius 1 is 0.786 bits per heavy atom. The number of hydrogen-bond acceptors (Lipinski definition) is 13. The third-order valence-corrected chi connectivity index (χ3v) is 13.0. The van der Waals surface area contributed by atoms with Gasteiger partial charge in [-0.1, -0.05) is 37.6 Å². The minimum atomic E-state index is -4.83. The fourth-order valence-electron chi connectivity index (χ4n) is 7.09. The molecule has 0 aromatic heterocycles. The first-order chi connectivity index (χ1) is 25.5. The van der Waals surface area contributed by atoms with E-state index in [1.54, 1.807) is 52.0 Å². The van der Waals surface area contributed by atoms with Crippen molar-refractivity contribution in [3.8, 4) is 0 Å². The minimum absolute atomic E-state index is 0.363. The van der Waals surface area contributed by atoms with Crippen LogP contribution in [0, 0.1) is 0 Å². The second kappa shape index (κ2) is 14.6. The lowest BCUT2D eigenvalue weighted by Crippen LogP contribution is -2.39. The Hall–Kier alpha value is -4.18. The Morgan fingerprint density at radius 2 is 1.34 bits per heavy atom. The number of benzene rings is 2. The summed E-state index contributed by atoms with van der Waals surface area (Å²) in [5.74, 6) is -1.71. The topological polar surface area (TPSA) is 247 Å². The maximum Gasteiger partial charge on any atom is 0.299 e. The molecular weight excluding hydrogens is 832 g/mol. The second-order valence-corrected chi connectivity index (χ2v) is 21.2. The molecule has 2 aromatic rings. The van der Waals surface area contributed by atoms with Crippen LogP contribution in [-0.4, -0.2) is 90.5 Å². The van der Waals surface area contributed by atoms with Crippen molar-refractivity contribution < 1.29 is 56.9 Å². The molecule has 0 saturated carbocycles. The van der Waals surface area contributed by atoms with E-state index in [9.17, 15) is 52.4 Å². The molecule has 3 aliphatic rings. The maximum absolute atomic E-state index is 12.8. The Morgan fingerprint density at radius 3 is 1.91 bits per heavy atom. The average Bonchev–Trinajstić information content (AvgIpc) is 3.55. The van der Waals surface area contributed by atoms with Gasteiger partial charge in [-0.3, -0.25) is 14.3 Å². The molecule has 1 aliphatic carbocycles. The third-order valence-electron chi connectivity index (χ3n) is 9.62. The molecule has 2 aromatic carbocycles. The van der Waals surface area contributed by atoms with E-state index in [1.807, 2.05) is 9.44 Å². The molecule has 2 heterocycles. The van der Waals surface area contributed by atoms with Crippen LogP contribution in [-0.2, 0) is 60.7 Å². The fourth-order valence-corrected chi connectivity index (χ4v) is 9.36. The lowest BCUT2D eigenvalue weighted by atomic mass is 9.81. The summed E-state index contributed by atoms with van der Waals surface area (Å²) in [7, 11) is -17.5. The smallest absolute Gasteiger partial charge is 0.299 e. The summed E-state index contributed by atoms with van der Waals surface area (Å²) in [6.45, 7) is 6.09. The molecule has 0 bridgehead atoms. The van der Waals surface area contributed by atoms with Gasteiger partial charge >= 0.3 is 0 Å². The molecule has 2 amide bonds. The maximum atomic E-state index is 12.8. The first kappa shape index (κ1) is 43.0. The molecule has 0 atom stereocenters. The van der Waals surface area contributed by atoms with Gasteiger partial charge in [-0.15, -0.1) is 0 Å². The van der Waals surface area contributed by atoms with Crippen LogP contribution in [0.15, 0.2) is 92.4 Å². The highest BCUT2D eigenvalue weighted by Gasteiger charge is 2.46. The number of anilines is 1. The molecule has 21 heteroatoms. The minimum Gasteiger partial charge on any atom is -0.744 e. The van der Waals surface area contributed by atoms with E-state index in [2.05, 4.69) is 0 Å². The number of rotatable bonds is 11. The zero-order valence-electron chi connectivity index (χ0n) is 30.9. The highest BCUT2D eigenvalue weighted by atomic mass is 35.5. The number of amides is 2. The number of hydrogen-bond donors (Lipinski definition) is 2. The van der Waals surface area contributed by atoms with E-state index in [1.165, 1.54) is 33.7 Å². The Bertz CT molecular complexity index is 2690. The van der Waals surface area contributed by atoms with Gasteiger partial charge < -0.3 is 14.0 Å². The van der Waals surface area contributed by atoms with Gasteiger partial charge in [-0.25, -0.2) is 38.4 Å². The summed E-state index contributed by atoms with van der Waals surface area (Å²) >= 11 is 6.89. The summed E-state index contributed by atoms with van der Waals surface area (Å²) < 4.78 is 124. The quantitative estimate of drug-likeness (QED) is 0.244. The molecule has 16 nitrogen and oxygen atoms in total. The van der Waals surface area contributed by atoms with E-state index >= 15 is 0 Å². The summed E-state index contributed by atoms with van der Waals surface area (Å²) in [6, 6.07) is 7.44. The van der Waals surface area contributed by atoms with E-state index in [0.29, 0.717) is 62.9 Å². The predicted molar refractivity (Wildman–Crippen MR) is 205 cm³/mol. The largest absolute Gasteiger partial charge is 0.744 e. The van der Waals surface area contributed by atoms with Crippen LogP contribution in [0.5, 0.6) is 0 Å². The number of nitrogens with zero attached hydrogens (tertiary/aromatic N) is 2. The van der Waals surface area contributed by atoms with Gasteiger partial charge in [0.2, 0.25) is 32.3 Å². The molecule has 56 heavy (non-hydrogen) atoms. The first-order valence-electron chi connectivity index (χ1n) is 16.6. The summed E-state index contributed by atoms with van der Waals surface area (Å²) in [5.41, 5.74) is 1.93. The fraction of sp³-hybridized carbons (Fsp3) is 0.343. The van der Waals surface area contributed by atoms with Crippen LogP contribution in [0.1, 0.15) is 51.7 Å². The summed E-state index contributed by atoms with van der Waals surface area (Å²) in [4.78, 5) is 26.2. The molecule has 0 saturated heterocycles. The zero-order valence-corrected chi connectivity index (χ0v) is 34.9. The molecule has 302 valence electrons. The zero-order chi connectivity index (χ0) is 42.0. The van der Waals surface area contributed by atoms with Crippen molar-refractivity contribution in [1.82, 2.24) is 9.44 Å². The normalized spacial score (nSPS) is 19.6. The van der Waals surface area contributed by atoms with Crippen molar-refractivity contribution in [3.05, 3.63) is 93.7 Å². The second-order valence-electron chi connectivity index (χ2n) is 14.6. The number of carbonyl (C=O) groups is 2. The van der Waals surface area contributed by atoms with E-state index in [4.69, 9.17) is 11.6 Å². The first-order valence-corrected chi connectivity index (χ1v) is 23.6. The Labute approximate surface area is 330 Å². The molecule has 0 unspecified atom stereocenters. The molecular formula is C35H38ClN4O12S4-. The third kappa shape index (κ3) is 9.01. The molecule has 5 rings (SSSR count). The van der Waals surface area contributed by atoms with Gasteiger partial charge in [-0.05, 0) is 79.8 Å². The number of sulfonamides is 2. The number of halogens is 1. The van der Waals surface area contributed by atoms with Crippen molar-refractivity contribution in [3.63, 3.8) is 0 Å². The predicted octanol–water partition coefficient (Wildman–Crippen LogP) is 2.47. The van der Waals surface area contributed by atoms with Crippen LogP contribution in [0.4, 0.5) is 11.4 Å². The van der Waals surface area contributed by atoms with Crippen molar-refractivity contribution in [2.24, 2.45) is 0 Å². The molecule has 2 N–H and O–H groups in total. The Balaban J connectivity index is 1.55. The monoisotopic (exact) mass is 869 g/mol. The number of fused-ring (bicyclic) bond motifs is 2. The average molecular weight is 870 g/mol. The van der Waals surface area contributed by atoms with Crippen LogP contribution >= 0.6 is 11.6 Å². The lowest BCUT2D eigenvalue weighted by Gasteiger charge is -2.26. The van der Waals surface area contributed by atoms with Crippen LogP contribution in [0.2, 0.25) is 0 Å².